The van der Waals surface area contributed by atoms with E-state index in [1.54, 1.807) is 0 Å². The van der Waals surface area contributed by atoms with Gasteiger partial charge in [0.1, 0.15) is 30.8 Å². The zero-order valence-corrected chi connectivity index (χ0v) is 36.0. The highest BCUT2D eigenvalue weighted by Gasteiger charge is 2.16. The number of halogens is 5. The predicted octanol–water partition coefficient (Wildman–Crippen LogP) is 12.6. The zero-order chi connectivity index (χ0) is 42.0. The second-order valence-electron chi connectivity index (χ2n) is 13.2. The zero-order valence-electron chi connectivity index (χ0n) is 32.2. The molecule has 6 rings (SSSR count). The van der Waals surface area contributed by atoms with E-state index in [1.165, 1.54) is 0 Å². The summed E-state index contributed by atoms with van der Waals surface area (Å²) >= 11 is 30.7. The van der Waals surface area contributed by atoms with Gasteiger partial charge in [0.15, 0.2) is 0 Å². The lowest BCUT2D eigenvalue weighted by Gasteiger charge is -2.17. The van der Waals surface area contributed by atoms with E-state index in [9.17, 15) is 5.11 Å². The molecule has 6 aromatic carbocycles. The van der Waals surface area contributed by atoms with Crippen LogP contribution in [0.5, 0.6) is 11.5 Å². The first-order valence-corrected chi connectivity index (χ1v) is 21.2. The number of hydrogen-bond donors (Lipinski definition) is 3. The summed E-state index contributed by atoms with van der Waals surface area (Å²) in [6, 6.07) is 49.1. The van der Waals surface area contributed by atoms with Crippen LogP contribution in [0.1, 0.15) is 46.2 Å². The molecule has 3 N–H and O–H groups in total. The minimum atomic E-state index is -0.900. The average Bonchev–Trinajstić information content (AvgIpc) is 3.27. The highest BCUT2D eigenvalue weighted by Crippen LogP contribution is 2.38. The Bertz CT molecular complexity index is 2220. The van der Waals surface area contributed by atoms with E-state index in [2.05, 4.69) is 12.1 Å². The van der Waals surface area contributed by atoms with Gasteiger partial charge < -0.3 is 24.8 Å². The van der Waals surface area contributed by atoms with E-state index in [4.69, 9.17) is 77.7 Å². The van der Waals surface area contributed by atoms with E-state index in [0.29, 0.717) is 51.2 Å². The number of rotatable bonds is 17. The summed E-state index contributed by atoms with van der Waals surface area (Å²) in [6.45, 7) is -0.0484. The molecule has 0 heterocycles. The van der Waals surface area contributed by atoms with E-state index < -0.39 is 6.10 Å². The predicted molar refractivity (Wildman–Crippen MR) is 247 cm³/mol. The highest BCUT2D eigenvalue weighted by molar-refractivity contribution is 6.31. The fourth-order valence-corrected chi connectivity index (χ4v) is 7.17. The Kier molecular flexibility index (Phi) is 18.7. The van der Waals surface area contributed by atoms with Gasteiger partial charge in [-0.1, -0.05) is 126 Å². The van der Waals surface area contributed by atoms with Crippen molar-refractivity contribution >= 4 is 80.3 Å². The van der Waals surface area contributed by atoms with Crippen LogP contribution in [0, 0.1) is 0 Å². The van der Waals surface area contributed by atoms with Gasteiger partial charge in [-0.15, -0.1) is 23.2 Å². The number of allylic oxidation sites excluding steroid dienone is 2. The van der Waals surface area contributed by atoms with Gasteiger partial charge in [-0.3, -0.25) is 0 Å². The molecule has 0 aliphatic carbocycles. The van der Waals surface area contributed by atoms with E-state index >= 15 is 0 Å². The van der Waals surface area contributed by atoms with Crippen LogP contribution in [0.2, 0.25) is 15.1 Å². The van der Waals surface area contributed by atoms with Gasteiger partial charge in [-0.2, -0.15) is 0 Å². The fraction of sp³-hybridized carbons (Fsp3) is 0.184. The molecule has 0 aliphatic rings. The molecule has 59 heavy (non-hydrogen) atoms. The Labute approximate surface area is 371 Å². The van der Waals surface area contributed by atoms with Crippen LogP contribution in [0.4, 0.5) is 0 Å². The molecule has 10 heteroatoms. The Hall–Kier alpha value is -4.27. The van der Waals surface area contributed by atoms with Crippen molar-refractivity contribution in [3.05, 3.63) is 200 Å². The molecule has 0 bridgehead atoms. The Morgan fingerprint density at radius 3 is 1.19 bits per heavy atom. The van der Waals surface area contributed by atoms with Crippen molar-refractivity contribution in [1.29, 1.82) is 0 Å². The van der Waals surface area contributed by atoms with Crippen molar-refractivity contribution < 1.29 is 24.8 Å². The van der Waals surface area contributed by atoms with Crippen LogP contribution in [0.3, 0.4) is 0 Å². The Morgan fingerprint density at radius 1 is 0.458 bits per heavy atom. The standard InChI is InChI=1S/C25H24Cl2O3.C24H21Cl3O2/c26-15-14-24(18-4-2-1-3-5-18)25(19-6-10-21(27)11-7-19)20-8-12-23(13-9-20)30-17-22(29)16-28;25-14-13-23(17-1-7-20(26)8-2-17)24(18-3-9-21(27)10-4-18)19-5-11-22(12-6-19)29-16-15-28/h1-13,22,28-29H,14-17H2;1-12,28H,13-16H2. The number of benzene rings is 6. The lowest BCUT2D eigenvalue weighted by Crippen LogP contribution is -2.21. The van der Waals surface area contributed by atoms with E-state index in [0.717, 1.165) is 55.7 Å². The van der Waals surface area contributed by atoms with Crippen molar-refractivity contribution in [3.8, 4) is 11.5 Å². The first-order valence-electron chi connectivity index (χ1n) is 19.0. The van der Waals surface area contributed by atoms with Gasteiger partial charge in [0.05, 0.1) is 13.2 Å². The monoisotopic (exact) mass is 888 g/mol. The molecular formula is C49H45Cl5O5. The molecule has 0 radical (unpaired) electrons. The maximum Gasteiger partial charge on any atom is 0.119 e. The third kappa shape index (κ3) is 13.6. The molecule has 5 nitrogen and oxygen atoms in total. The van der Waals surface area contributed by atoms with Crippen LogP contribution in [0.25, 0.3) is 22.3 Å². The normalized spacial score (nSPS) is 12.4. The van der Waals surface area contributed by atoms with Crippen LogP contribution >= 0.6 is 58.0 Å². The number of ether oxygens (including phenoxy) is 2. The molecule has 1 atom stereocenters. The van der Waals surface area contributed by atoms with Crippen LogP contribution in [-0.2, 0) is 0 Å². The van der Waals surface area contributed by atoms with Gasteiger partial charge in [0.25, 0.3) is 0 Å². The second-order valence-corrected chi connectivity index (χ2v) is 15.3. The summed E-state index contributed by atoms with van der Waals surface area (Å²) in [6.07, 6.45) is 0.511. The lowest BCUT2D eigenvalue weighted by atomic mass is 9.88. The number of alkyl halides is 2. The molecule has 0 saturated heterocycles. The van der Waals surface area contributed by atoms with Crippen molar-refractivity contribution in [2.45, 2.75) is 18.9 Å². The maximum absolute atomic E-state index is 9.49. The SMILES string of the molecule is OCC(O)COc1ccc(C(=C(CCCl)c2ccccc2)c2ccc(Cl)cc2)cc1.OCCOc1ccc(C(=C(CCCl)c2ccc(Cl)cc2)c2ccc(Cl)cc2)cc1. The summed E-state index contributed by atoms with van der Waals surface area (Å²) in [7, 11) is 0. The molecule has 306 valence electrons. The third-order valence-corrected chi connectivity index (χ3v) is 10.3. The molecule has 1 unspecified atom stereocenters. The molecule has 0 spiro atoms. The first-order chi connectivity index (χ1) is 28.7. The number of aliphatic hydroxyl groups excluding tert-OH is 3. The Balaban J connectivity index is 0.000000224. The minimum Gasteiger partial charge on any atom is -0.491 e. The van der Waals surface area contributed by atoms with Gasteiger partial charge >= 0.3 is 0 Å². The van der Waals surface area contributed by atoms with E-state index in [1.807, 2.05) is 140 Å². The second kappa shape index (κ2) is 24.1. The van der Waals surface area contributed by atoms with Crippen molar-refractivity contribution in [1.82, 2.24) is 0 Å². The summed E-state index contributed by atoms with van der Waals surface area (Å²) in [5.41, 5.74) is 10.8. The highest BCUT2D eigenvalue weighted by atomic mass is 35.5. The quantitative estimate of drug-likeness (QED) is 0.0628. The molecular weight excluding hydrogens is 846 g/mol. The smallest absolute Gasteiger partial charge is 0.119 e. The largest absolute Gasteiger partial charge is 0.491 e. The van der Waals surface area contributed by atoms with Crippen molar-refractivity contribution in [2.75, 3.05) is 38.2 Å². The first kappa shape index (κ1) is 45.8. The van der Waals surface area contributed by atoms with Crippen LogP contribution in [-0.4, -0.2) is 59.6 Å². The molecule has 0 aromatic heterocycles. The van der Waals surface area contributed by atoms with Gasteiger partial charge in [0, 0.05) is 26.8 Å². The fourth-order valence-electron chi connectivity index (χ4n) is 6.41. The molecule has 6 aromatic rings. The molecule has 0 amide bonds. The maximum atomic E-state index is 9.49. The molecule has 0 saturated carbocycles. The van der Waals surface area contributed by atoms with Crippen LogP contribution < -0.4 is 9.47 Å². The summed E-state index contributed by atoms with van der Waals surface area (Å²) in [5.74, 6) is 2.33. The van der Waals surface area contributed by atoms with Gasteiger partial charge in [-0.05, 0) is 129 Å². The van der Waals surface area contributed by atoms with Crippen molar-refractivity contribution in [3.63, 3.8) is 0 Å². The number of hydrogen-bond acceptors (Lipinski definition) is 5. The minimum absolute atomic E-state index is 0.0197. The lowest BCUT2D eigenvalue weighted by molar-refractivity contribution is 0.0536. The third-order valence-electron chi connectivity index (χ3n) is 9.17. The molecule has 0 aliphatic heterocycles. The Morgan fingerprint density at radius 2 is 0.814 bits per heavy atom. The summed E-state index contributed by atoms with van der Waals surface area (Å²) < 4.78 is 11.0. The van der Waals surface area contributed by atoms with Crippen molar-refractivity contribution in [2.24, 2.45) is 0 Å². The van der Waals surface area contributed by atoms with Gasteiger partial charge in [-0.25, -0.2) is 0 Å². The average molecular weight is 891 g/mol. The summed E-state index contributed by atoms with van der Waals surface area (Å²) in [5, 5.41) is 29.4. The number of aliphatic hydroxyl groups is 3. The molecule has 0 fully saturated rings. The summed E-state index contributed by atoms with van der Waals surface area (Å²) in [4.78, 5) is 0. The van der Waals surface area contributed by atoms with E-state index in [-0.39, 0.29) is 26.4 Å². The topological polar surface area (TPSA) is 79.2 Å². The van der Waals surface area contributed by atoms with Crippen LogP contribution in [0.15, 0.2) is 152 Å². The van der Waals surface area contributed by atoms with Gasteiger partial charge in [0.2, 0.25) is 0 Å².